The van der Waals surface area contributed by atoms with Crippen LogP contribution in [-0.4, -0.2) is 70.6 Å². The average molecular weight is 468 g/mol. The Morgan fingerprint density at radius 3 is 2.68 bits per heavy atom. The third-order valence-electron chi connectivity index (χ3n) is 7.58. The van der Waals surface area contributed by atoms with Gasteiger partial charge >= 0.3 is 0 Å². The third-order valence-corrected chi connectivity index (χ3v) is 7.58. The van der Waals surface area contributed by atoms with Gasteiger partial charge in [-0.25, -0.2) is 4.98 Å². The van der Waals surface area contributed by atoms with Crippen molar-refractivity contribution in [2.75, 3.05) is 26.7 Å². The van der Waals surface area contributed by atoms with Gasteiger partial charge < -0.3 is 19.6 Å². The molecule has 0 unspecified atom stereocenters. The summed E-state index contributed by atoms with van der Waals surface area (Å²) in [5, 5.41) is 9.82. The fourth-order valence-electron chi connectivity index (χ4n) is 4.97. The van der Waals surface area contributed by atoms with Gasteiger partial charge in [-0.05, 0) is 38.7 Å². The summed E-state index contributed by atoms with van der Waals surface area (Å²) in [5.41, 5.74) is 1.06. The zero-order chi connectivity index (χ0) is 24.2. The molecule has 1 aromatic heterocycles. The lowest BCUT2D eigenvalue weighted by atomic mass is 9.84. The summed E-state index contributed by atoms with van der Waals surface area (Å²) in [5.74, 6) is 7.23. The third kappa shape index (κ3) is 5.38. The minimum absolute atomic E-state index is 0.0497. The van der Waals surface area contributed by atoms with Crippen LogP contribution in [0.4, 0.5) is 0 Å². The van der Waals surface area contributed by atoms with Gasteiger partial charge in [0.1, 0.15) is 11.7 Å². The normalized spacial score (nSPS) is 24.1. The second kappa shape index (κ2) is 10.8. The number of pyridine rings is 1. The Morgan fingerprint density at radius 2 is 2.03 bits per heavy atom. The molecule has 184 valence electrons. The Kier molecular flexibility index (Phi) is 7.77. The van der Waals surface area contributed by atoms with Gasteiger partial charge in [0.05, 0.1) is 19.2 Å². The maximum absolute atomic E-state index is 13.5. The quantitative estimate of drug-likeness (QED) is 0.673. The number of amides is 2. The first-order chi connectivity index (χ1) is 16.4. The van der Waals surface area contributed by atoms with E-state index in [4.69, 9.17) is 4.74 Å². The molecule has 2 heterocycles. The number of carbonyl (C=O) groups excluding carboxylic acids is 2. The van der Waals surface area contributed by atoms with Crippen molar-refractivity contribution in [3.8, 4) is 17.7 Å². The van der Waals surface area contributed by atoms with Gasteiger partial charge in [0, 0.05) is 43.1 Å². The highest BCUT2D eigenvalue weighted by atomic mass is 16.5. The molecule has 1 N–H and O–H groups in total. The zero-order valence-corrected chi connectivity index (χ0v) is 20.6. The summed E-state index contributed by atoms with van der Waals surface area (Å²) in [7, 11) is 1.82. The van der Waals surface area contributed by atoms with Crippen LogP contribution < -0.4 is 4.74 Å². The van der Waals surface area contributed by atoms with Crippen LogP contribution >= 0.6 is 0 Å². The molecule has 0 bridgehead atoms. The topological polar surface area (TPSA) is 83.0 Å². The molecule has 1 aliphatic heterocycles. The fourth-order valence-corrected chi connectivity index (χ4v) is 4.97. The smallest absolute Gasteiger partial charge is 0.259 e. The van der Waals surface area contributed by atoms with Crippen molar-refractivity contribution in [3.05, 3.63) is 23.4 Å². The zero-order valence-electron chi connectivity index (χ0n) is 20.6. The summed E-state index contributed by atoms with van der Waals surface area (Å²) < 4.78 is 6.30. The molecule has 0 radical (unpaired) electrons. The standard InChI is InChI=1S/C27H37N3O4/c1-18-15-30(19(2)17-31)27(33)23-13-21(12-11-20-7-4-5-8-20)14-28-25(23)34-24(18)16-29(3)26(32)22-9-6-10-22/h13-14,18-20,22,24,31H,4-10,15-17H2,1-3H3/t18-,19+,24-/m1/s1. The molecule has 0 saturated heterocycles. The molecule has 3 aliphatic rings. The molecule has 7 heteroatoms. The number of aliphatic hydroxyl groups is 1. The van der Waals surface area contributed by atoms with E-state index >= 15 is 0 Å². The first-order valence-electron chi connectivity index (χ1n) is 12.7. The number of nitrogens with zero attached hydrogens (tertiary/aromatic N) is 3. The van der Waals surface area contributed by atoms with Crippen molar-refractivity contribution in [1.29, 1.82) is 0 Å². The van der Waals surface area contributed by atoms with Crippen molar-refractivity contribution >= 4 is 11.8 Å². The van der Waals surface area contributed by atoms with Crippen LogP contribution in [0.2, 0.25) is 0 Å². The van der Waals surface area contributed by atoms with Crippen LogP contribution in [0.15, 0.2) is 12.3 Å². The van der Waals surface area contributed by atoms with E-state index in [-0.39, 0.29) is 48.3 Å². The molecule has 2 fully saturated rings. The summed E-state index contributed by atoms with van der Waals surface area (Å²) in [6.07, 6.45) is 9.06. The molecule has 0 spiro atoms. The monoisotopic (exact) mass is 467 g/mol. The van der Waals surface area contributed by atoms with Gasteiger partial charge in [0.15, 0.2) is 0 Å². The Morgan fingerprint density at radius 1 is 1.29 bits per heavy atom. The van der Waals surface area contributed by atoms with E-state index in [1.165, 1.54) is 12.8 Å². The summed E-state index contributed by atoms with van der Waals surface area (Å²) in [6.45, 7) is 4.58. The predicted molar refractivity (Wildman–Crippen MR) is 129 cm³/mol. The number of aromatic nitrogens is 1. The predicted octanol–water partition coefficient (Wildman–Crippen LogP) is 3.10. The fraction of sp³-hybridized carbons (Fsp3) is 0.667. The lowest BCUT2D eigenvalue weighted by Gasteiger charge is -2.38. The van der Waals surface area contributed by atoms with Crippen molar-refractivity contribution in [2.45, 2.75) is 70.9 Å². The van der Waals surface area contributed by atoms with E-state index in [2.05, 4.69) is 16.8 Å². The van der Waals surface area contributed by atoms with Crippen LogP contribution in [0.1, 0.15) is 74.7 Å². The number of likely N-dealkylation sites (N-methyl/N-ethyl adjacent to an activating group) is 1. The Labute approximate surface area is 202 Å². The largest absolute Gasteiger partial charge is 0.472 e. The molecular weight excluding hydrogens is 430 g/mol. The number of fused-ring (bicyclic) bond motifs is 1. The highest BCUT2D eigenvalue weighted by Crippen LogP contribution is 2.30. The molecule has 4 rings (SSSR count). The van der Waals surface area contributed by atoms with Crippen LogP contribution in [-0.2, 0) is 4.79 Å². The second-order valence-electron chi connectivity index (χ2n) is 10.3. The highest BCUT2D eigenvalue weighted by Gasteiger charge is 2.36. The number of hydrogen-bond donors (Lipinski definition) is 1. The van der Waals surface area contributed by atoms with Crippen LogP contribution in [0.25, 0.3) is 0 Å². The van der Waals surface area contributed by atoms with Gasteiger partial charge in [-0.2, -0.15) is 0 Å². The molecule has 2 aliphatic carbocycles. The lowest BCUT2D eigenvalue weighted by Crippen LogP contribution is -2.51. The van der Waals surface area contributed by atoms with Crippen LogP contribution in [0.5, 0.6) is 5.88 Å². The highest BCUT2D eigenvalue weighted by molar-refractivity contribution is 5.97. The first-order valence-corrected chi connectivity index (χ1v) is 12.7. The minimum atomic E-state index is -0.343. The SMILES string of the molecule is C[C@@H]1CN([C@@H](C)CO)C(=O)c2cc(C#CC3CCCC3)cnc2O[C@@H]1CN(C)C(=O)C1CCC1. The van der Waals surface area contributed by atoms with Crippen LogP contribution in [0, 0.1) is 29.6 Å². The molecular formula is C27H37N3O4. The lowest BCUT2D eigenvalue weighted by molar-refractivity contribution is -0.138. The van der Waals surface area contributed by atoms with Crippen molar-refractivity contribution in [3.63, 3.8) is 0 Å². The minimum Gasteiger partial charge on any atom is -0.472 e. The van der Waals surface area contributed by atoms with E-state index in [1.54, 1.807) is 22.1 Å². The van der Waals surface area contributed by atoms with Gasteiger partial charge in [0.25, 0.3) is 5.91 Å². The Hall–Kier alpha value is -2.59. The van der Waals surface area contributed by atoms with E-state index < -0.39 is 0 Å². The van der Waals surface area contributed by atoms with E-state index in [0.29, 0.717) is 30.1 Å². The second-order valence-corrected chi connectivity index (χ2v) is 10.3. The Bertz CT molecular complexity index is 958. The number of carbonyl (C=O) groups is 2. The van der Waals surface area contributed by atoms with Crippen LogP contribution in [0.3, 0.4) is 0 Å². The molecule has 7 nitrogen and oxygen atoms in total. The van der Waals surface area contributed by atoms with E-state index in [9.17, 15) is 14.7 Å². The van der Waals surface area contributed by atoms with Gasteiger partial charge in [-0.3, -0.25) is 9.59 Å². The number of ether oxygens (including phenoxy) is 1. The molecule has 0 aromatic carbocycles. The van der Waals surface area contributed by atoms with Gasteiger partial charge in [-0.1, -0.05) is 38.0 Å². The van der Waals surface area contributed by atoms with Gasteiger partial charge in [-0.15, -0.1) is 0 Å². The molecule has 3 atom stereocenters. The maximum Gasteiger partial charge on any atom is 0.259 e. The maximum atomic E-state index is 13.5. The summed E-state index contributed by atoms with van der Waals surface area (Å²) in [6, 6.07) is 1.42. The molecule has 2 saturated carbocycles. The van der Waals surface area contributed by atoms with Gasteiger partial charge in [0.2, 0.25) is 11.8 Å². The molecule has 1 aromatic rings. The van der Waals surface area contributed by atoms with Crippen molar-refractivity contribution < 1.29 is 19.4 Å². The number of rotatable bonds is 5. The van der Waals surface area contributed by atoms with Crippen molar-refractivity contribution in [1.82, 2.24) is 14.8 Å². The molecule has 34 heavy (non-hydrogen) atoms. The number of hydrogen-bond acceptors (Lipinski definition) is 5. The average Bonchev–Trinajstić information content (AvgIpc) is 3.32. The molecule has 2 amide bonds. The van der Waals surface area contributed by atoms with E-state index in [0.717, 1.165) is 32.1 Å². The summed E-state index contributed by atoms with van der Waals surface area (Å²) >= 11 is 0. The number of aliphatic hydroxyl groups excluding tert-OH is 1. The van der Waals surface area contributed by atoms with Crippen molar-refractivity contribution in [2.24, 2.45) is 17.8 Å². The Balaban J connectivity index is 1.61. The van der Waals surface area contributed by atoms with E-state index in [1.807, 2.05) is 20.9 Å². The first kappa shape index (κ1) is 24.5. The summed E-state index contributed by atoms with van der Waals surface area (Å²) in [4.78, 5) is 34.2.